The third-order valence-corrected chi connectivity index (χ3v) is 4.52. The molecule has 4 nitrogen and oxygen atoms in total. The zero-order valence-corrected chi connectivity index (χ0v) is 11.2. The minimum Gasteiger partial charge on any atom is -0.329 e. The summed E-state index contributed by atoms with van der Waals surface area (Å²) in [6.45, 7) is 4.43. The molecule has 0 aliphatic rings. The molecular formula is C12H20N2O2S. The molecule has 0 radical (unpaired) electrons. The first-order chi connectivity index (χ1) is 8.06. The first-order valence-electron chi connectivity index (χ1n) is 5.85. The van der Waals surface area contributed by atoms with Crippen molar-refractivity contribution >= 4 is 15.7 Å². The van der Waals surface area contributed by atoms with Gasteiger partial charge in [-0.1, -0.05) is 25.1 Å². The standard InChI is InChI=1S/C12H20N2O2S/c1-3-11-7-5-6-8-12(11)14(4-2)17(15,16)10-9-13/h5-8H,3-4,9-10,13H2,1-2H3. The summed E-state index contributed by atoms with van der Waals surface area (Å²) in [6.07, 6.45) is 0.810. The summed E-state index contributed by atoms with van der Waals surface area (Å²) >= 11 is 0. The summed E-state index contributed by atoms with van der Waals surface area (Å²) in [5.41, 5.74) is 7.16. The molecular weight excluding hydrogens is 236 g/mol. The van der Waals surface area contributed by atoms with Crippen LogP contribution in [0.5, 0.6) is 0 Å². The van der Waals surface area contributed by atoms with Crippen LogP contribution < -0.4 is 10.0 Å². The van der Waals surface area contributed by atoms with E-state index in [4.69, 9.17) is 5.73 Å². The van der Waals surface area contributed by atoms with Crippen LogP contribution >= 0.6 is 0 Å². The smallest absolute Gasteiger partial charge is 0.236 e. The van der Waals surface area contributed by atoms with Crippen LogP contribution in [0.4, 0.5) is 5.69 Å². The van der Waals surface area contributed by atoms with E-state index in [1.165, 1.54) is 4.31 Å². The van der Waals surface area contributed by atoms with Crippen LogP contribution in [-0.2, 0) is 16.4 Å². The highest BCUT2D eigenvalue weighted by molar-refractivity contribution is 7.92. The van der Waals surface area contributed by atoms with Crippen LogP contribution in [0.1, 0.15) is 19.4 Å². The van der Waals surface area contributed by atoms with Crippen LogP contribution in [0.15, 0.2) is 24.3 Å². The fourth-order valence-electron chi connectivity index (χ4n) is 1.83. The van der Waals surface area contributed by atoms with Gasteiger partial charge in [0.25, 0.3) is 0 Å². The molecule has 1 rings (SSSR count). The van der Waals surface area contributed by atoms with Crippen molar-refractivity contribution in [1.29, 1.82) is 0 Å². The minimum absolute atomic E-state index is 0.0150. The lowest BCUT2D eigenvalue weighted by Crippen LogP contribution is -2.35. The van der Waals surface area contributed by atoms with Gasteiger partial charge in [-0.3, -0.25) is 4.31 Å². The summed E-state index contributed by atoms with van der Waals surface area (Å²) in [5, 5.41) is 0. The van der Waals surface area contributed by atoms with Crippen molar-refractivity contribution in [1.82, 2.24) is 0 Å². The van der Waals surface area contributed by atoms with Crippen molar-refractivity contribution in [2.45, 2.75) is 20.3 Å². The predicted molar refractivity (Wildman–Crippen MR) is 71.7 cm³/mol. The molecule has 1 aromatic rings. The number of nitrogens with two attached hydrogens (primary N) is 1. The maximum Gasteiger partial charge on any atom is 0.236 e. The molecule has 17 heavy (non-hydrogen) atoms. The zero-order valence-electron chi connectivity index (χ0n) is 10.4. The van der Waals surface area contributed by atoms with Gasteiger partial charge in [-0.2, -0.15) is 0 Å². The lowest BCUT2D eigenvalue weighted by molar-refractivity contribution is 0.591. The summed E-state index contributed by atoms with van der Waals surface area (Å²) in [4.78, 5) is 0. The number of anilines is 1. The molecule has 0 bridgehead atoms. The molecule has 0 aromatic heterocycles. The lowest BCUT2D eigenvalue weighted by atomic mass is 10.1. The van der Waals surface area contributed by atoms with Gasteiger partial charge in [-0.05, 0) is 25.0 Å². The molecule has 0 aliphatic carbocycles. The third kappa shape index (κ3) is 3.20. The van der Waals surface area contributed by atoms with E-state index in [1.54, 1.807) is 0 Å². The van der Waals surface area contributed by atoms with E-state index in [9.17, 15) is 8.42 Å². The highest BCUT2D eigenvalue weighted by Crippen LogP contribution is 2.23. The highest BCUT2D eigenvalue weighted by atomic mass is 32.2. The molecule has 96 valence electrons. The van der Waals surface area contributed by atoms with Gasteiger partial charge in [0.1, 0.15) is 0 Å². The van der Waals surface area contributed by atoms with Gasteiger partial charge in [0, 0.05) is 13.1 Å². The molecule has 1 aromatic carbocycles. The number of sulfonamides is 1. The summed E-state index contributed by atoms with van der Waals surface area (Å²) in [7, 11) is -3.30. The highest BCUT2D eigenvalue weighted by Gasteiger charge is 2.21. The monoisotopic (exact) mass is 256 g/mol. The zero-order chi connectivity index (χ0) is 12.9. The molecule has 0 fully saturated rings. The van der Waals surface area contributed by atoms with Crippen LogP contribution in [0.25, 0.3) is 0 Å². The normalized spacial score (nSPS) is 11.5. The summed E-state index contributed by atoms with van der Waals surface area (Å²) < 4.78 is 25.6. The van der Waals surface area contributed by atoms with E-state index in [-0.39, 0.29) is 12.3 Å². The van der Waals surface area contributed by atoms with Crippen LogP contribution in [0, 0.1) is 0 Å². The van der Waals surface area contributed by atoms with Crippen molar-refractivity contribution in [3.8, 4) is 0 Å². The van der Waals surface area contributed by atoms with E-state index in [1.807, 2.05) is 38.1 Å². The van der Waals surface area contributed by atoms with Gasteiger partial charge in [0.2, 0.25) is 10.0 Å². The molecule has 0 spiro atoms. The Labute approximate surface area is 103 Å². The second-order valence-electron chi connectivity index (χ2n) is 3.75. The molecule has 0 unspecified atom stereocenters. The number of benzene rings is 1. The van der Waals surface area contributed by atoms with Gasteiger partial charge in [-0.15, -0.1) is 0 Å². The quantitative estimate of drug-likeness (QED) is 0.836. The molecule has 5 heteroatoms. The van der Waals surface area contributed by atoms with E-state index in [2.05, 4.69) is 0 Å². The van der Waals surface area contributed by atoms with Crippen LogP contribution in [-0.4, -0.2) is 27.3 Å². The van der Waals surface area contributed by atoms with Crippen molar-refractivity contribution in [2.24, 2.45) is 5.73 Å². The van der Waals surface area contributed by atoms with E-state index < -0.39 is 10.0 Å². The first-order valence-corrected chi connectivity index (χ1v) is 7.46. The van der Waals surface area contributed by atoms with Gasteiger partial charge >= 0.3 is 0 Å². The molecule has 0 atom stereocenters. The summed E-state index contributed by atoms with van der Waals surface area (Å²) in [5.74, 6) is -0.0150. The molecule has 0 heterocycles. The molecule has 0 aliphatic heterocycles. The van der Waals surface area contributed by atoms with Gasteiger partial charge in [0.05, 0.1) is 11.4 Å². The first kappa shape index (κ1) is 14.0. The van der Waals surface area contributed by atoms with Gasteiger partial charge < -0.3 is 5.73 Å². The average molecular weight is 256 g/mol. The molecule has 0 saturated heterocycles. The maximum absolute atomic E-state index is 12.1. The fourth-order valence-corrected chi connectivity index (χ4v) is 3.22. The number of aryl methyl sites for hydroxylation is 1. The second-order valence-corrected chi connectivity index (χ2v) is 5.76. The Morgan fingerprint density at radius 3 is 2.41 bits per heavy atom. The van der Waals surface area contributed by atoms with Crippen LogP contribution in [0.3, 0.4) is 0 Å². The molecule has 0 amide bonds. The van der Waals surface area contributed by atoms with Gasteiger partial charge in [-0.25, -0.2) is 8.42 Å². The second kappa shape index (κ2) is 6.02. The number of hydrogen-bond acceptors (Lipinski definition) is 3. The van der Waals surface area contributed by atoms with E-state index >= 15 is 0 Å². The van der Waals surface area contributed by atoms with Crippen molar-refractivity contribution in [2.75, 3.05) is 23.1 Å². The van der Waals surface area contributed by atoms with Crippen molar-refractivity contribution in [3.63, 3.8) is 0 Å². The number of para-hydroxylation sites is 1. The third-order valence-electron chi connectivity index (χ3n) is 2.64. The Morgan fingerprint density at radius 2 is 1.88 bits per heavy atom. The Bertz CT molecular complexity index is 457. The average Bonchev–Trinajstić information content (AvgIpc) is 2.30. The minimum atomic E-state index is -3.30. The SMILES string of the molecule is CCc1ccccc1N(CC)S(=O)(=O)CCN. The Morgan fingerprint density at radius 1 is 1.24 bits per heavy atom. The summed E-state index contributed by atoms with van der Waals surface area (Å²) in [6, 6.07) is 7.58. The lowest BCUT2D eigenvalue weighted by Gasteiger charge is -2.24. The predicted octanol–water partition coefficient (Wildman–Crippen LogP) is 1.36. The van der Waals surface area contributed by atoms with E-state index in [0.717, 1.165) is 17.7 Å². The Kier molecular flexibility index (Phi) is 4.96. The largest absolute Gasteiger partial charge is 0.329 e. The Balaban J connectivity index is 3.18. The van der Waals surface area contributed by atoms with Crippen LogP contribution in [0.2, 0.25) is 0 Å². The van der Waals surface area contributed by atoms with Gasteiger partial charge in [0.15, 0.2) is 0 Å². The van der Waals surface area contributed by atoms with E-state index in [0.29, 0.717) is 6.54 Å². The number of hydrogen-bond donors (Lipinski definition) is 1. The molecule has 0 saturated carbocycles. The number of nitrogens with zero attached hydrogens (tertiary/aromatic N) is 1. The van der Waals surface area contributed by atoms with Crippen molar-refractivity contribution in [3.05, 3.63) is 29.8 Å². The maximum atomic E-state index is 12.1. The Hall–Kier alpha value is -1.07. The fraction of sp³-hybridized carbons (Fsp3) is 0.500. The molecule has 2 N–H and O–H groups in total. The van der Waals surface area contributed by atoms with Crippen molar-refractivity contribution < 1.29 is 8.42 Å². The number of rotatable bonds is 6. The topological polar surface area (TPSA) is 63.4 Å².